The topological polar surface area (TPSA) is 71.6 Å². The fourth-order valence-electron chi connectivity index (χ4n) is 2.60. The highest BCUT2D eigenvalue weighted by Crippen LogP contribution is 2.20. The number of rotatable bonds is 7. The Morgan fingerprint density at radius 1 is 1.35 bits per heavy atom. The molecule has 2 heterocycles. The molecule has 1 N–H and O–H groups in total. The zero-order valence-corrected chi connectivity index (χ0v) is 13.6. The van der Waals surface area contributed by atoms with E-state index >= 15 is 0 Å². The summed E-state index contributed by atoms with van der Waals surface area (Å²) in [5, 5.41) is 14.1. The van der Waals surface area contributed by atoms with Crippen LogP contribution in [-0.2, 0) is 17.8 Å². The highest BCUT2D eigenvalue weighted by molar-refractivity contribution is 5.23. The Hall–Kier alpha value is -1.76. The second kappa shape index (κ2) is 7.21. The molecule has 1 aliphatic heterocycles. The van der Waals surface area contributed by atoms with Crippen LogP contribution in [0.3, 0.4) is 0 Å². The lowest BCUT2D eigenvalue weighted by Gasteiger charge is -2.39. The molecule has 1 aromatic heterocycles. The van der Waals surface area contributed by atoms with E-state index in [1.165, 1.54) is 5.56 Å². The molecule has 1 atom stereocenters. The van der Waals surface area contributed by atoms with E-state index in [9.17, 15) is 5.11 Å². The van der Waals surface area contributed by atoms with Crippen LogP contribution in [0.2, 0.25) is 0 Å². The van der Waals surface area contributed by atoms with Crippen molar-refractivity contribution in [2.24, 2.45) is 0 Å². The number of hydrogen-bond donors (Lipinski definition) is 1. The van der Waals surface area contributed by atoms with E-state index < -0.39 is 6.10 Å². The summed E-state index contributed by atoms with van der Waals surface area (Å²) < 4.78 is 10.8. The number of aromatic nitrogens is 2. The van der Waals surface area contributed by atoms with Crippen molar-refractivity contribution in [3.8, 4) is 0 Å². The molecule has 6 nitrogen and oxygen atoms in total. The normalized spacial score (nSPS) is 17.2. The predicted octanol–water partition coefficient (Wildman–Crippen LogP) is 1.87. The average Bonchev–Trinajstić information content (AvgIpc) is 2.98. The van der Waals surface area contributed by atoms with Crippen molar-refractivity contribution in [3.05, 3.63) is 47.1 Å². The molecule has 1 aliphatic rings. The SMILES string of the molecule is CCc1noc(COC2CN(CC(O)c3ccc(C)cc3)C2)n1. The van der Waals surface area contributed by atoms with Crippen molar-refractivity contribution in [3.63, 3.8) is 0 Å². The van der Waals surface area contributed by atoms with E-state index in [0.29, 0.717) is 24.9 Å². The highest BCUT2D eigenvalue weighted by atomic mass is 16.5. The molecule has 6 heteroatoms. The van der Waals surface area contributed by atoms with Crippen LogP contribution in [0.4, 0.5) is 0 Å². The molecule has 2 aromatic rings. The Balaban J connectivity index is 1.38. The van der Waals surface area contributed by atoms with Crippen LogP contribution in [0.5, 0.6) is 0 Å². The first-order valence-electron chi connectivity index (χ1n) is 8.04. The minimum atomic E-state index is -0.459. The van der Waals surface area contributed by atoms with Gasteiger partial charge >= 0.3 is 0 Å². The maximum absolute atomic E-state index is 10.3. The third-order valence-corrected chi connectivity index (χ3v) is 4.09. The lowest BCUT2D eigenvalue weighted by Crippen LogP contribution is -2.53. The lowest BCUT2D eigenvalue weighted by atomic mass is 10.0. The number of benzene rings is 1. The summed E-state index contributed by atoms with van der Waals surface area (Å²) in [7, 11) is 0. The van der Waals surface area contributed by atoms with Gasteiger partial charge in [0.2, 0.25) is 0 Å². The molecule has 1 aromatic carbocycles. The average molecular weight is 317 g/mol. The molecule has 0 radical (unpaired) electrons. The van der Waals surface area contributed by atoms with Crippen molar-refractivity contribution in [1.29, 1.82) is 0 Å². The molecular formula is C17H23N3O3. The first-order valence-corrected chi connectivity index (χ1v) is 8.04. The molecule has 0 spiro atoms. The van der Waals surface area contributed by atoms with Crippen LogP contribution < -0.4 is 0 Å². The first-order chi connectivity index (χ1) is 11.1. The number of aryl methyl sites for hydroxylation is 2. The van der Waals surface area contributed by atoms with Crippen LogP contribution in [0.1, 0.15) is 35.9 Å². The van der Waals surface area contributed by atoms with E-state index in [4.69, 9.17) is 9.26 Å². The number of likely N-dealkylation sites (tertiary alicyclic amines) is 1. The molecule has 1 saturated heterocycles. The van der Waals surface area contributed by atoms with E-state index in [0.717, 1.165) is 25.1 Å². The van der Waals surface area contributed by atoms with Crippen LogP contribution >= 0.6 is 0 Å². The van der Waals surface area contributed by atoms with Gasteiger partial charge in [-0.3, -0.25) is 4.90 Å². The van der Waals surface area contributed by atoms with Gasteiger partial charge in [0.1, 0.15) is 6.61 Å². The van der Waals surface area contributed by atoms with E-state index in [1.807, 2.05) is 38.1 Å². The standard InChI is InChI=1S/C17H23N3O3/c1-3-16-18-17(23-19-16)11-22-14-8-20(9-14)10-15(21)13-6-4-12(2)5-7-13/h4-7,14-15,21H,3,8-11H2,1-2H3. The number of β-amino-alcohol motifs (C(OH)–C–C–N with tert-alkyl or cyclic N) is 1. The zero-order valence-electron chi connectivity index (χ0n) is 13.6. The fraction of sp³-hybridized carbons (Fsp3) is 0.529. The molecule has 0 amide bonds. The molecule has 3 rings (SSSR count). The smallest absolute Gasteiger partial charge is 0.252 e. The van der Waals surface area contributed by atoms with Gasteiger partial charge in [0, 0.05) is 26.1 Å². The van der Waals surface area contributed by atoms with Gasteiger partial charge in [-0.25, -0.2) is 0 Å². The number of aliphatic hydroxyl groups excluding tert-OH is 1. The van der Waals surface area contributed by atoms with Gasteiger partial charge in [0.25, 0.3) is 5.89 Å². The van der Waals surface area contributed by atoms with Crippen LogP contribution in [0.15, 0.2) is 28.8 Å². The lowest BCUT2D eigenvalue weighted by molar-refractivity contribution is -0.0799. The Morgan fingerprint density at radius 3 is 2.74 bits per heavy atom. The molecule has 23 heavy (non-hydrogen) atoms. The van der Waals surface area contributed by atoms with Gasteiger partial charge in [0.05, 0.1) is 12.2 Å². The van der Waals surface area contributed by atoms with Crippen LogP contribution in [0.25, 0.3) is 0 Å². The second-order valence-electron chi connectivity index (χ2n) is 6.04. The largest absolute Gasteiger partial charge is 0.387 e. The quantitative estimate of drug-likeness (QED) is 0.840. The number of nitrogens with zero attached hydrogens (tertiary/aromatic N) is 3. The van der Waals surface area contributed by atoms with Crippen molar-refractivity contribution < 1.29 is 14.4 Å². The van der Waals surface area contributed by atoms with Gasteiger partial charge in [-0.2, -0.15) is 4.98 Å². The number of hydrogen-bond acceptors (Lipinski definition) is 6. The summed E-state index contributed by atoms with van der Waals surface area (Å²) in [5.74, 6) is 1.24. The predicted molar refractivity (Wildman–Crippen MR) is 84.8 cm³/mol. The third-order valence-electron chi connectivity index (χ3n) is 4.09. The Kier molecular flexibility index (Phi) is 5.05. The second-order valence-corrected chi connectivity index (χ2v) is 6.04. The van der Waals surface area contributed by atoms with Gasteiger partial charge < -0.3 is 14.4 Å². The maximum atomic E-state index is 10.3. The van der Waals surface area contributed by atoms with E-state index in [2.05, 4.69) is 15.0 Å². The Morgan fingerprint density at radius 2 is 2.09 bits per heavy atom. The molecular weight excluding hydrogens is 294 g/mol. The summed E-state index contributed by atoms with van der Waals surface area (Å²) >= 11 is 0. The minimum absolute atomic E-state index is 0.164. The Bertz CT molecular complexity index is 620. The summed E-state index contributed by atoms with van der Waals surface area (Å²) in [6.45, 7) is 6.64. The van der Waals surface area contributed by atoms with Crippen LogP contribution in [-0.4, -0.2) is 45.9 Å². The van der Waals surface area contributed by atoms with Crippen LogP contribution in [0, 0.1) is 6.92 Å². The summed E-state index contributed by atoms with van der Waals surface area (Å²) in [6.07, 6.45) is 0.467. The molecule has 0 saturated carbocycles. The first kappa shape index (κ1) is 16.1. The van der Waals surface area contributed by atoms with E-state index in [-0.39, 0.29) is 6.10 Å². The molecule has 1 fully saturated rings. The summed E-state index contributed by atoms with van der Waals surface area (Å²) in [5.41, 5.74) is 2.16. The number of ether oxygens (including phenoxy) is 1. The summed E-state index contributed by atoms with van der Waals surface area (Å²) in [4.78, 5) is 6.40. The zero-order chi connectivity index (χ0) is 16.2. The fourth-order valence-corrected chi connectivity index (χ4v) is 2.60. The van der Waals surface area contributed by atoms with Gasteiger partial charge in [-0.1, -0.05) is 41.9 Å². The van der Waals surface area contributed by atoms with E-state index in [1.54, 1.807) is 0 Å². The van der Waals surface area contributed by atoms with Gasteiger partial charge in [0.15, 0.2) is 5.82 Å². The Labute approximate surface area is 136 Å². The summed E-state index contributed by atoms with van der Waals surface area (Å²) in [6, 6.07) is 8.01. The minimum Gasteiger partial charge on any atom is -0.387 e. The maximum Gasteiger partial charge on any atom is 0.252 e. The molecule has 0 bridgehead atoms. The molecule has 1 unspecified atom stereocenters. The van der Waals surface area contributed by atoms with Gasteiger partial charge in [-0.05, 0) is 12.5 Å². The van der Waals surface area contributed by atoms with Crippen molar-refractivity contribution in [2.45, 2.75) is 39.1 Å². The van der Waals surface area contributed by atoms with Crippen molar-refractivity contribution >= 4 is 0 Å². The molecule has 124 valence electrons. The monoisotopic (exact) mass is 317 g/mol. The number of aliphatic hydroxyl groups is 1. The highest BCUT2D eigenvalue weighted by Gasteiger charge is 2.29. The van der Waals surface area contributed by atoms with Gasteiger partial charge in [-0.15, -0.1) is 0 Å². The third kappa shape index (κ3) is 4.16. The molecule has 0 aliphatic carbocycles. The van der Waals surface area contributed by atoms with Crippen molar-refractivity contribution in [1.82, 2.24) is 15.0 Å². The van der Waals surface area contributed by atoms with Crippen molar-refractivity contribution in [2.75, 3.05) is 19.6 Å².